The number of methoxy groups -OCH3 is 2. The van der Waals surface area contributed by atoms with Crippen molar-refractivity contribution >= 4 is 23.5 Å². The zero-order chi connectivity index (χ0) is 29.2. The molecule has 220 valence electrons. The fraction of sp³-hybridized carbons (Fsp3) is 0.452. The number of benzene rings is 2. The standard InChI is InChI=1S/C31H41N5O4S/c1-22-23(2)33-31(34-29(22)35(3)13-11-24-9-10-27(38-4)28(20-24)39-5)41-21-25-7-6-8-26(19-25)30(37)32-12-14-36-15-17-40-18-16-36/h6-10,19-20H,11-18,21H2,1-5H3,(H,32,37). The Morgan fingerprint density at radius 3 is 2.59 bits per heavy atom. The number of aromatic nitrogens is 2. The third-order valence-corrected chi connectivity index (χ3v) is 8.18. The number of hydrogen-bond acceptors (Lipinski definition) is 9. The van der Waals surface area contributed by atoms with E-state index < -0.39 is 0 Å². The van der Waals surface area contributed by atoms with Crippen molar-refractivity contribution in [3.63, 3.8) is 0 Å². The van der Waals surface area contributed by atoms with Crippen LogP contribution in [0.1, 0.15) is 32.7 Å². The van der Waals surface area contributed by atoms with Gasteiger partial charge in [-0.15, -0.1) is 0 Å². The molecule has 1 amide bonds. The zero-order valence-electron chi connectivity index (χ0n) is 24.7. The molecule has 4 rings (SSSR count). The molecule has 1 saturated heterocycles. The first-order chi connectivity index (χ1) is 19.9. The number of aryl methyl sites for hydroxylation is 1. The molecule has 1 aliphatic rings. The molecule has 0 atom stereocenters. The smallest absolute Gasteiger partial charge is 0.251 e. The van der Waals surface area contributed by atoms with Crippen LogP contribution in [0, 0.1) is 13.8 Å². The number of amides is 1. The van der Waals surface area contributed by atoms with Crippen molar-refractivity contribution in [1.82, 2.24) is 20.2 Å². The molecule has 0 aliphatic carbocycles. The molecule has 0 bridgehead atoms. The zero-order valence-corrected chi connectivity index (χ0v) is 25.6. The van der Waals surface area contributed by atoms with Gasteiger partial charge in [-0.2, -0.15) is 0 Å². The second kappa shape index (κ2) is 15.0. The Morgan fingerprint density at radius 2 is 1.83 bits per heavy atom. The van der Waals surface area contributed by atoms with E-state index in [0.717, 1.165) is 90.7 Å². The summed E-state index contributed by atoms with van der Waals surface area (Å²) in [5.41, 5.74) is 4.92. The minimum absolute atomic E-state index is 0.0501. The van der Waals surface area contributed by atoms with Crippen LogP contribution in [0.5, 0.6) is 11.5 Å². The molecule has 2 aromatic carbocycles. The summed E-state index contributed by atoms with van der Waals surface area (Å²) in [6.07, 6.45) is 0.836. The molecule has 3 aromatic rings. The summed E-state index contributed by atoms with van der Waals surface area (Å²) in [7, 11) is 5.35. The second-order valence-electron chi connectivity index (χ2n) is 10.1. The average molecular weight is 580 g/mol. The van der Waals surface area contributed by atoms with Gasteiger partial charge in [-0.05, 0) is 55.7 Å². The summed E-state index contributed by atoms with van der Waals surface area (Å²) in [4.78, 5) is 26.9. The Hall–Kier alpha value is -3.34. The van der Waals surface area contributed by atoms with Gasteiger partial charge in [0.25, 0.3) is 5.91 Å². The Morgan fingerprint density at radius 1 is 1.05 bits per heavy atom. The molecule has 0 radical (unpaired) electrons. The first-order valence-electron chi connectivity index (χ1n) is 13.9. The molecular weight excluding hydrogens is 538 g/mol. The van der Waals surface area contributed by atoms with Crippen LogP contribution in [-0.2, 0) is 16.9 Å². The molecule has 0 spiro atoms. The van der Waals surface area contributed by atoms with Gasteiger partial charge in [0.05, 0.1) is 27.4 Å². The van der Waals surface area contributed by atoms with E-state index in [-0.39, 0.29) is 5.91 Å². The number of carbonyl (C=O) groups excluding carboxylic acids is 1. The highest BCUT2D eigenvalue weighted by molar-refractivity contribution is 7.98. The third kappa shape index (κ3) is 8.58. The quantitative estimate of drug-likeness (QED) is 0.237. The third-order valence-electron chi connectivity index (χ3n) is 7.26. The van der Waals surface area contributed by atoms with Crippen molar-refractivity contribution in [3.05, 3.63) is 70.4 Å². The van der Waals surface area contributed by atoms with Gasteiger partial charge in [0.2, 0.25) is 0 Å². The predicted molar refractivity (Wildman–Crippen MR) is 164 cm³/mol. The van der Waals surface area contributed by atoms with E-state index >= 15 is 0 Å². The molecule has 1 aromatic heterocycles. The molecule has 10 heteroatoms. The fourth-order valence-electron chi connectivity index (χ4n) is 4.67. The lowest BCUT2D eigenvalue weighted by atomic mass is 10.1. The van der Waals surface area contributed by atoms with Gasteiger partial charge in [-0.1, -0.05) is 30.0 Å². The Labute approximate surface area is 247 Å². The Bertz CT molecular complexity index is 1320. The molecular formula is C31H41N5O4S. The number of likely N-dealkylation sites (N-methyl/N-ethyl adjacent to an activating group) is 1. The van der Waals surface area contributed by atoms with Gasteiger partial charge in [0, 0.05) is 62.3 Å². The summed E-state index contributed by atoms with van der Waals surface area (Å²) in [5, 5.41) is 3.77. The van der Waals surface area contributed by atoms with E-state index in [2.05, 4.69) is 35.2 Å². The van der Waals surface area contributed by atoms with Crippen molar-refractivity contribution in [2.24, 2.45) is 0 Å². The lowest BCUT2D eigenvalue weighted by molar-refractivity contribution is 0.0383. The lowest BCUT2D eigenvalue weighted by Gasteiger charge is -2.26. The molecule has 1 N–H and O–H groups in total. The molecule has 1 aliphatic heterocycles. The SMILES string of the molecule is COc1ccc(CCN(C)c2nc(SCc3cccc(C(=O)NCCN4CCOCC4)c3)nc(C)c2C)cc1OC. The van der Waals surface area contributed by atoms with Gasteiger partial charge in [0.15, 0.2) is 16.7 Å². The maximum atomic E-state index is 12.7. The number of hydrogen-bond donors (Lipinski definition) is 1. The molecule has 1 fully saturated rings. The van der Waals surface area contributed by atoms with Crippen LogP contribution in [0.2, 0.25) is 0 Å². The van der Waals surface area contributed by atoms with Crippen molar-refractivity contribution in [2.45, 2.75) is 31.2 Å². The normalized spacial score (nSPS) is 13.6. The predicted octanol–water partition coefficient (Wildman–Crippen LogP) is 4.14. The van der Waals surface area contributed by atoms with Crippen LogP contribution < -0.4 is 19.7 Å². The summed E-state index contributed by atoms with van der Waals surface area (Å²) < 4.78 is 16.2. The topological polar surface area (TPSA) is 89.1 Å². The second-order valence-corrected chi connectivity index (χ2v) is 11.0. The van der Waals surface area contributed by atoms with E-state index in [0.29, 0.717) is 17.9 Å². The van der Waals surface area contributed by atoms with Crippen molar-refractivity contribution in [3.8, 4) is 11.5 Å². The summed E-state index contributed by atoms with van der Waals surface area (Å²) in [6, 6.07) is 13.8. The fourth-order valence-corrected chi connectivity index (χ4v) is 5.50. The van der Waals surface area contributed by atoms with Crippen molar-refractivity contribution < 1.29 is 19.0 Å². The summed E-state index contributed by atoms with van der Waals surface area (Å²) in [5.74, 6) is 3.00. The van der Waals surface area contributed by atoms with E-state index in [1.165, 1.54) is 0 Å². The highest BCUT2D eigenvalue weighted by Gasteiger charge is 2.15. The summed E-state index contributed by atoms with van der Waals surface area (Å²) in [6.45, 7) is 9.68. The van der Waals surface area contributed by atoms with Crippen LogP contribution in [-0.4, -0.2) is 88.0 Å². The first kappa shape index (κ1) is 30.6. The number of nitrogens with one attached hydrogen (secondary N) is 1. The Kier molecular flexibility index (Phi) is 11.2. The van der Waals surface area contributed by atoms with Gasteiger partial charge in [-0.3, -0.25) is 9.69 Å². The minimum atomic E-state index is -0.0501. The molecule has 2 heterocycles. The van der Waals surface area contributed by atoms with Gasteiger partial charge >= 0.3 is 0 Å². The largest absolute Gasteiger partial charge is 0.493 e. The number of nitrogens with zero attached hydrogens (tertiary/aromatic N) is 4. The molecule has 0 saturated carbocycles. The lowest BCUT2D eigenvalue weighted by Crippen LogP contribution is -2.41. The number of ether oxygens (including phenoxy) is 3. The van der Waals surface area contributed by atoms with Crippen LogP contribution in [0.15, 0.2) is 47.6 Å². The van der Waals surface area contributed by atoms with Crippen molar-refractivity contribution in [2.75, 3.05) is 72.1 Å². The maximum absolute atomic E-state index is 12.7. The van der Waals surface area contributed by atoms with E-state index in [1.807, 2.05) is 43.3 Å². The van der Waals surface area contributed by atoms with E-state index in [1.54, 1.807) is 26.0 Å². The minimum Gasteiger partial charge on any atom is -0.493 e. The molecule has 41 heavy (non-hydrogen) atoms. The average Bonchev–Trinajstić information content (AvgIpc) is 3.00. The van der Waals surface area contributed by atoms with Gasteiger partial charge in [0.1, 0.15) is 5.82 Å². The maximum Gasteiger partial charge on any atom is 0.251 e. The van der Waals surface area contributed by atoms with Crippen LogP contribution in [0.4, 0.5) is 5.82 Å². The highest BCUT2D eigenvalue weighted by Crippen LogP contribution is 2.29. The Balaban J connectivity index is 1.34. The van der Waals surface area contributed by atoms with E-state index in [9.17, 15) is 4.79 Å². The van der Waals surface area contributed by atoms with Gasteiger partial charge in [-0.25, -0.2) is 9.97 Å². The molecule has 0 unspecified atom stereocenters. The summed E-state index contributed by atoms with van der Waals surface area (Å²) >= 11 is 1.58. The van der Waals surface area contributed by atoms with Crippen molar-refractivity contribution in [1.29, 1.82) is 0 Å². The van der Waals surface area contributed by atoms with Crippen LogP contribution in [0.25, 0.3) is 0 Å². The number of thioether (sulfide) groups is 1. The number of rotatable bonds is 13. The van der Waals surface area contributed by atoms with Crippen LogP contribution in [0.3, 0.4) is 0 Å². The van der Waals surface area contributed by atoms with E-state index in [4.69, 9.17) is 24.2 Å². The monoisotopic (exact) mass is 579 g/mol. The first-order valence-corrected chi connectivity index (χ1v) is 14.9. The number of carbonyl (C=O) groups is 1. The molecule has 9 nitrogen and oxygen atoms in total. The van der Waals surface area contributed by atoms with Crippen LogP contribution >= 0.6 is 11.8 Å². The number of morpholine rings is 1. The number of anilines is 1. The highest BCUT2D eigenvalue weighted by atomic mass is 32.2. The van der Waals surface area contributed by atoms with Gasteiger partial charge < -0.3 is 24.4 Å².